The van der Waals surface area contributed by atoms with Crippen molar-refractivity contribution in [1.29, 1.82) is 0 Å². The Morgan fingerprint density at radius 1 is 1.50 bits per heavy atom. The minimum atomic E-state index is 0.628. The molecular weight excluding hydrogens is 176 g/mol. The Labute approximate surface area is 84.9 Å². The molecule has 1 aliphatic rings. The molecule has 1 N–H and O–H groups in total. The van der Waals surface area contributed by atoms with Gasteiger partial charge in [0.05, 0.1) is 5.69 Å². The number of rotatable bonds is 4. The average Bonchev–Trinajstić information content (AvgIpc) is 2.93. The molecule has 0 bridgehead atoms. The van der Waals surface area contributed by atoms with E-state index in [-0.39, 0.29) is 0 Å². The topological polar surface area (TPSA) is 38.1 Å². The Morgan fingerprint density at radius 2 is 2.21 bits per heavy atom. The van der Waals surface area contributed by atoms with Gasteiger partial charge in [0.2, 0.25) is 0 Å². The number of hydrogen-bond acceptors (Lipinski definition) is 3. The highest BCUT2D eigenvalue weighted by Crippen LogP contribution is 2.32. The molecule has 0 aromatic carbocycles. The van der Waals surface area contributed by atoms with Crippen LogP contribution in [-0.2, 0) is 6.54 Å². The molecule has 3 nitrogen and oxygen atoms in total. The van der Waals surface area contributed by atoms with Gasteiger partial charge < -0.3 is 9.84 Å². The van der Waals surface area contributed by atoms with E-state index in [1.165, 1.54) is 18.4 Å². The molecule has 0 aliphatic heterocycles. The highest BCUT2D eigenvalue weighted by Gasteiger charge is 2.27. The molecule has 1 heterocycles. The van der Waals surface area contributed by atoms with Gasteiger partial charge in [-0.1, -0.05) is 5.16 Å². The molecule has 1 atom stereocenters. The molecule has 1 fully saturated rings. The first-order valence-electron chi connectivity index (χ1n) is 5.33. The van der Waals surface area contributed by atoms with E-state index in [2.05, 4.69) is 17.4 Å². The second kappa shape index (κ2) is 3.73. The Bertz CT molecular complexity index is 296. The highest BCUT2D eigenvalue weighted by atomic mass is 16.5. The van der Waals surface area contributed by atoms with Crippen LogP contribution in [0.2, 0.25) is 0 Å². The summed E-state index contributed by atoms with van der Waals surface area (Å²) in [6.07, 6.45) is 2.77. The van der Waals surface area contributed by atoms with E-state index in [0.717, 1.165) is 23.9 Å². The van der Waals surface area contributed by atoms with Crippen molar-refractivity contribution < 1.29 is 4.52 Å². The third-order valence-corrected chi connectivity index (χ3v) is 3.11. The molecular formula is C11H18N2O. The summed E-state index contributed by atoms with van der Waals surface area (Å²) in [7, 11) is 0. The fourth-order valence-corrected chi connectivity index (χ4v) is 1.78. The lowest BCUT2D eigenvalue weighted by atomic mass is 10.1. The first-order valence-corrected chi connectivity index (χ1v) is 5.33. The van der Waals surface area contributed by atoms with Crippen LogP contribution < -0.4 is 5.32 Å². The van der Waals surface area contributed by atoms with Crippen molar-refractivity contribution >= 4 is 0 Å². The second-order valence-electron chi connectivity index (χ2n) is 4.31. The summed E-state index contributed by atoms with van der Waals surface area (Å²) in [6.45, 7) is 7.11. The Morgan fingerprint density at radius 3 is 2.71 bits per heavy atom. The summed E-state index contributed by atoms with van der Waals surface area (Å²) in [6, 6.07) is 0.628. The van der Waals surface area contributed by atoms with Crippen LogP contribution in [0.25, 0.3) is 0 Å². The van der Waals surface area contributed by atoms with E-state index < -0.39 is 0 Å². The molecule has 2 rings (SSSR count). The zero-order valence-corrected chi connectivity index (χ0v) is 9.13. The lowest BCUT2D eigenvalue weighted by Gasteiger charge is -2.11. The number of aromatic nitrogens is 1. The van der Waals surface area contributed by atoms with Crippen molar-refractivity contribution in [3.05, 3.63) is 17.0 Å². The van der Waals surface area contributed by atoms with Gasteiger partial charge in [0, 0.05) is 18.2 Å². The van der Waals surface area contributed by atoms with Crippen LogP contribution in [-0.4, -0.2) is 11.2 Å². The third-order valence-electron chi connectivity index (χ3n) is 3.11. The van der Waals surface area contributed by atoms with E-state index in [1.54, 1.807) is 0 Å². The van der Waals surface area contributed by atoms with Crippen LogP contribution in [0.5, 0.6) is 0 Å². The molecule has 0 spiro atoms. The van der Waals surface area contributed by atoms with Crippen molar-refractivity contribution in [2.24, 2.45) is 5.92 Å². The molecule has 1 aliphatic carbocycles. The maximum atomic E-state index is 5.11. The Hall–Kier alpha value is -0.830. The first-order chi connectivity index (χ1) is 6.68. The summed E-state index contributed by atoms with van der Waals surface area (Å²) >= 11 is 0. The lowest BCUT2D eigenvalue weighted by molar-refractivity contribution is 0.391. The summed E-state index contributed by atoms with van der Waals surface area (Å²) in [4.78, 5) is 0. The number of hydrogen-bond donors (Lipinski definition) is 1. The molecule has 14 heavy (non-hydrogen) atoms. The summed E-state index contributed by atoms with van der Waals surface area (Å²) in [5, 5.41) is 7.47. The molecule has 0 radical (unpaired) electrons. The zero-order chi connectivity index (χ0) is 10.1. The molecule has 3 heteroatoms. The zero-order valence-electron chi connectivity index (χ0n) is 9.13. The number of nitrogens with one attached hydrogen (secondary N) is 1. The smallest absolute Gasteiger partial charge is 0.138 e. The van der Waals surface area contributed by atoms with E-state index in [4.69, 9.17) is 4.52 Å². The molecule has 1 aromatic heterocycles. The summed E-state index contributed by atoms with van der Waals surface area (Å²) in [5.74, 6) is 1.84. The SMILES string of the molecule is Cc1noc(C)c1CNC(C)C1CC1. The highest BCUT2D eigenvalue weighted by molar-refractivity contribution is 5.20. The lowest BCUT2D eigenvalue weighted by Crippen LogP contribution is -2.27. The van der Waals surface area contributed by atoms with Crippen molar-refractivity contribution in [2.45, 2.75) is 46.2 Å². The van der Waals surface area contributed by atoms with Crippen molar-refractivity contribution in [2.75, 3.05) is 0 Å². The molecule has 0 saturated heterocycles. The van der Waals surface area contributed by atoms with E-state index in [9.17, 15) is 0 Å². The Kier molecular flexibility index (Phi) is 2.59. The quantitative estimate of drug-likeness (QED) is 0.798. The number of aryl methyl sites for hydroxylation is 2. The van der Waals surface area contributed by atoms with Gasteiger partial charge in [-0.25, -0.2) is 0 Å². The van der Waals surface area contributed by atoms with E-state index >= 15 is 0 Å². The van der Waals surface area contributed by atoms with Crippen LogP contribution in [0, 0.1) is 19.8 Å². The van der Waals surface area contributed by atoms with Gasteiger partial charge in [0.1, 0.15) is 5.76 Å². The fraction of sp³-hybridized carbons (Fsp3) is 0.727. The van der Waals surface area contributed by atoms with Crippen LogP contribution in [0.1, 0.15) is 36.8 Å². The van der Waals surface area contributed by atoms with Crippen LogP contribution in [0.3, 0.4) is 0 Å². The minimum absolute atomic E-state index is 0.628. The van der Waals surface area contributed by atoms with Gasteiger partial charge in [0.25, 0.3) is 0 Å². The maximum absolute atomic E-state index is 5.11. The maximum Gasteiger partial charge on any atom is 0.138 e. The van der Waals surface area contributed by atoms with E-state index in [0.29, 0.717) is 6.04 Å². The van der Waals surface area contributed by atoms with Crippen LogP contribution in [0.4, 0.5) is 0 Å². The van der Waals surface area contributed by atoms with Crippen molar-refractivity contribution in [1.82, 2.24) is 10.5 Å². The Balaban J connectivity index is 1.90. The van der Waals surface area contributed by atoms with Gasteiger partial charge in [0.15, 0.2) is 0 Å². The molecule has 1 aromatic rings. The molecule has 78 valence electrons. The van der Waals surface area contributed by atoms with Gasteiger partial charge >= 0.3 is 0 Å². The van der Waals surface area contributed by atoms with Gasteiger partial charge in [-0.05, 0) is 39.5 Å². The summed E-state index contributed by atoms with van der Waals surface area (Å²) < 4.78 is 5.11. The third kappa shape index (κ3) is 1.98. The van der Waals surface area contributed by atoms with Crippen LogP contribution in [0.15, 0.2) is 4.52 Å². The van der Waals surface area contributed by atoms with Crippen molar-refractivity contribution in [3.8, 4) is 0 Å². The standard InChI is InChI=1S/C11H18N2O/c1-7(10-4-5-10)12-6-11-8(2)13-14-9(11)3/h7,10,12H,4-6H2,1-3H3. The predicted octanol–water partition coefficient (Wildman–Crippen LogP) is 2.18. The summed E-state index contributed by atoms with van der Waals surface area (Å²) in [5.41, 5.74) is 2.23. The van der Waals surface area contributed by atoms with Gasteiger partial charge in [-0.3, -0.25) is 0 Å². The monoisotopic (exact) mass is 194 g/mol. The molecule has 1 saturated carbocycles. The minimum Gasteiger partial charge on any atom is -0.361 e. The van der Waals surface area contributed by atoms with E-state index in [1.807, 2.05) is 13.8 Å². The fourth-order valence-electron chi connectivity index (χ4n) is 1.78. The second-order valence-corrected chi connectivity index (χ2v) is 4.31. The molecule has 0 amide bonds. The normalized spacial score (nSPS) is 18.5. The first kappa shape index (κ1) is 9.71. The van der Waals surface area contributed by atoms with Gasteiger partial charge in [-0.15, -0.1) is 0 Å². The molecule has 1 unspecified atom stereocenters. The largest absolute Gasteiger partial charge is 0.361 e. The predicted molar refractivity (Wildman–Crippen MR) is 55.0 cm³/mol. The average molecular weight is 194 g/mol. The van der Waals surface area contributed by atoms with Crippen LogP contribution >= 0.6 is 0 Å². The number of nitrogens with zero attached hydrogens (tertiary/aromatic N) is 1. The van der Waals surface area contributed by atoms with Gasteiger partial charge in [-0.2, -0.15) is 0 Å². The van der Waals surface area contributed by atoms with Crippen molar-refractivity contribution in [3.63, 3.8) is 0 Å².